The number of hydrogen-bond acceptors (Lipinski definition) is 4. The molecule has 0 aliphatic carbocycles. The third kappa shape index (κ3) is 3.37. The van der Waals surface area contributed by atoms with Gasteiger partial charge in [0.1, 0.15) is 5.82 Å². The second-order valence-electron chi connectivity index (χ2n) is 4.88. The van der Waals surface area contributed by atoms with Crippen LogP contribution in [0.1, 0.15) is 6.92 Å². The average Bonchev–Trinajstić information content (AvgIpc) is 2.55. The van der Waals surface area contributed by atoms with E-state index in [1.54, 1.807) is 36.7 Å². The molecule has 0 aliphatic rings. The number of nitrogens with one attached hydrogen (secondary N) is 1. The molecule has 23 heavy (non-hydrogen) atoms. The second-order valence-corrected chi connectivity index (χ2v) is 4.88. The molecule has 3 rings (SSSR count). The van der Waals surface area contributed by atoms with E-state index in [1.165, 1.54) is 25.3 Å². The predicted octanol–water partition coefficient (Wildman–Crippen LogP) is 3.30. The van der Waals surface area contributed by atoms with Gasteiger partial charge in [-0.15, -0.1) is 0 Å². The van der Waals surface area contributed by atoms with E-state index in [1.807, 2.05) is 0 Å². The standard InChI is InChI=1S/C17H13FN4O/c1-11(23)21-15-10-20-16(12-5-7-19-8-6-12)17(22-15)13-3-2-4-14(18)9-13/h2-10H,1H3,(H,21,22,23). The van der Waals surface area contributed by atoms with Gasteiger partial charge in [-0.25, -0.2) is 9.37 Å². The van der Waals surface area contributed by atoms with Gasteiger partial charge in [0.15, 0.2) is 5.82 Å². The molecule has 1 N–H and O–H groups in total. The molecule has 0 atom stereocenters. The summed E-state index contributed by atoms with van der Waals surface area (Å²) in [5.74, 6) is -0.300. The number of rotatable bonds is 3. The number of hydrogen-bond donors (Lipinski definition) is 1. The third-order valence-electron chi connectivity index (χ3n) is 3.13. The first-order valence-corrected chi connectivity index (χ1v) is 6.94. The number of halogens is 1. The van der Waals surface area contributed by atoms with Crippen molar-refractivity contribution in [1.82, 2.24) is 15.0 Å². The topological polar surface area (TPSA) is 67.8 Å². The van der Waals surface area contributed by atoms with Crippen LogP contribution in [0.2, 0.25) is 0 Å². The van der Waals surface area contributed by atoms with Crippen molar-refractivity contribution in [3.63, 3.8) is 0 Å². The Labute approximate surface area is 132 Å². The molecule has 0 saturated heterocycles. The molecule has 0 fully saturated rings. The summed E-state index contributed by atoms with van der Waals surface area (Å²) in [4.78, 5) is 24.0. The van der Waals surface area contributed by atoms with Crippen molar-refractivity contribution in [2.24, 2.45) is 0 Å². The van der Waals surface area contributed by atoms with Crippen molar-refractivity contribution in [1.29, 1.82) is 0 Å². The molecule has 2 heterocycles. The van der Waals surface area contributed by atoms with Crippen molar-refractivity contribution in [3.05, 3.63) is 60.8 Å². The summed E-state index contributed by atoms with van der Waals surface area (Å²) in [7, 11) is 0. The molecule has 2 aromatic heterocycles. The zero-order chi connectivity index (χ0) is 16.2. The number of nitrogens with zero attached hydrogens (tertiary/aromatic N) is 3. The Kier molecular flexibility index (Phi) is 4.05. The first kappa shape index (κ1) is 14.8. The second kappa shape index (κ2) is 6.31. The van der Waals surface area contributed by atoms with E-state index >= 15 is 0 Å². The molecule has 0 radical (unpaired) electrons. The monoisotopic (exact) mass is 308 g/mol. The van der Waals surface area contributed by atoms with Gasteiger partial charge >= 0.3 is 0 Å². The van der Waals surface area contributed by atoms with Crippen molar-refractivity contribution in [2.45, 2.75) is 6.92 Å². The largest absolute Gasteiger partial charge is 0.310 e. The number of amides is 1. The summed E-state index contributed by atoms with van der Waals surface area (Å²) in [6.07, 6.45) is 4.77. The first-order valence-electron chi connectivity index (χ1n) is 6.94. The van der Waals surface area contributed by atoms with Crippen LogP contribution in [0.15, 0.2) is 55.0 Å². The minimum absolute atomic E-state index is 0.249. The van der Waals surface area contributed by atoms with E-state index in [2.05, 4.69) is 20.3 Å². The molecule has 1 amide bonds. The fraction of sp³-hybridized carbons (Fsp3) is 0.0588. The number of anilines is 1. The number of carbonyl (C=O) groups excluding carboxylic acids is 1. The molecule has 114 valence electrons. The Hall–Kier alpha value is -3.15. The highest BCUT2D eigenvalue weighted by Gasteiger charge is 2.13. The minimum atomic E-state index is -0.366. The summed E-state index contributed by atoms with van der Waals surface area (Å²) < 4.78 is 13.6. The molecule has 0 spiro atoms. The molecule has 3 aromatic rings. The minimum Gasteiger partial charge on any atom is -0.310 e. The van der Waals surface area contributed by atoms with E-state index in [0.29, 0.717) is 22.8 Å². The third-order valence-corrected chi connectivity index (χ3v) is 3.13. The number of aromatic nitrogens is 3. The maximum Gasteiger partial charge on any atom is 0.222 e. The molecule has 0 aliphatic heterocycles. The van der Waals surface area contributed by atoms with Crippen LogP contribution in [0, 0.1) is 5.82 Å². The molecule has 5 nitrogen and oxygen atoms in total. The van der Waals surface area contributed by atoms with Crippen LogP contribution in [0.3, 0.4) is 0 Å². The average molecular weight is 308 g/mol. The van der Waals surface area contributed by atoms with Gasteiger partial charge in [-0.05, 0) is 24.3 Å². The summed E-state index contributed by atoms with van der Waals surface area (Å²) in [5.41, 5.74) is 2.46. The predicted molar refractivity (Wildman–Crippen MR) is 85.0 cm³/mol. The van der Waals surface area contributed by atoms with Crippen molar-refractivity contribution in [3.8, 4) is 22.5 Å². The Morgan fingerprint density at radius 3 is 2.57 bits per heavy atom. The SMILES string of the molecule is CC(=O)Nc1cnc(-c2ccncc2)c(-c2cccc(F)c2)n1. The molecule has 1 aromatic carbocycles. The van der Waals surface area contributed by atoms with Gasteiger partial charge in [-0.1, -0.05) is 12.1 Å². The quantitative estimate of drug-likeness (QED) is 0.806. The normalized spacial score (nSPS) is 10.3. The van der Waals surface area contributed by atoms with E-state index < -0.39 is 0 Å². The molecular formula is C17H13FN4O. The molecule has 0 bridgehead atoms. The van der Waals surface area contributed by atoms with E-state index in [-0.39, 0.29) is 11.7 Å². The van der Waals surface area contributed by atoms with Gasteiger partial charge < -0.3 is 5.32 Å². The lowest BCUT2D eigenvalue weighted by molar-refractivity contribution is -0.114. The van der Waals surface area contributed by atoms with Crippen LogP contribution in [0.25, 0.3) is 22.5 Å². The van der Waals surface area contributed by atoms with Crippen LogP contribution < -0.4 is 5.32 Å². The lowest BCUT2D eigenvalue weighted by atomic mass is 10.0. The van der Waals surface area contributed by atoms with E-state index in [0.717, 1.165) is 5.56 Å². The summed E-state index contributed by atoms with van der Waals surface area (Å²) in [5, 5.41) is 2.59. The van der Waals surface area contributed by atoms with Crippen LogP contribution >= 0.6 is 0 Å². The Bertz CT molecular complexity index is 852. The fourth-order valence-corrected chi connectivity index (χ4v) is 2.19. The van der Waals surface area contributed by atoms with Gasteiger partial charge in [-0.3, -0.25) is 14.8 Å². The Morgan fingerprint density at radius 1 is 1.09 bits per heavy atom. The van der Waals surface area contributed by atoms with Gasteiger partial charge in [0.05, 0.1) is 17.6 Å². The van der Waals surface area contributed by atoms with Gasteiger partial charge in [0.2, 0.25) is 5.91 Å². The number of benzene rings is 1. The lowest BCUT2D eigenvalue weighted by Gasteiger charge is -2.10. The van der Waals surface area contributed by atoms with Crippen LogP contribution in [0.4, 0.5) is 10.2 Å². The summed E-state index contributed by atoms with van der Waals surface area (Å²) in [6, 6.07) is 9.69. The highest BCUT2D eigenvalue weighted by molar-refractivity contribution is 5.88. The molecule has 0 unspecified atom stereocenters. The fourth-order valence-electron chi connectivity index (χ4n) is 2.19. The smallest absolute Gasteiger partial charge is 0.222 e. The number of pyridine rings is 1. The zero-order valence-electron chi connectivity index (χ0n) is 12.3. The molecule has 0 saturated carbocycles. The Morgan fingerprint density at radius 2 is 1.87 bits per heavy atom. The molecular weight excluding hydrogens is 295 g/mol. The highest BCUT2D eigenvalue weighted by atomic mass is 19.1. The zero-order valence-corrected chi connectivity index (χ0v) is 12.3. The van der Waals surface area contributed by atoms with Gasteiger partial charge in [-0.2, -0.15) is 0 Å². The van der Waals surface area contributed by atoms with E-state index in [4.69, 9.17) is 0 Å². The maximum absolute atomic E-state index is 13.6. The van der Waals surface area contributed by atoms with E-state index in [9.17, 15) is 9.18 Å². The van der Waals surface area contributed by atoms with Crippen LogP contribution in [-0.2, 0) is 4.79 Å². The van der Waals surface area contributed by atoms with Crippen molar-refractivity contribution < 1.29 is 9.18 Å². The van der Waals surface area contributed by atoms with Gasteiger partial charge in [0, 0.05) is 30.4 Å². The first-order chi connectivity index (χ1) is 11.1. The van der Waals surface area contributed by atoms with Crippen molar-refractivity contribution >= 4 is 11.7 Å². The summed E-state index contributed by atoms with van der Waals surface area (Å²) in [6.45, 7) is 1.39. The number of carbonyl (C=O) groups is 1. The highest BCUT2D eigenvalue weighted by Crippen LogP contribution is 2.29. The molecule has 6 heteroatoms. The maximum atomic E-state index is 13.6. The summed E-state index contributed by atoms with van der Waals surface area (Å²) >= 11 is 0. The van der Waals surface area contributed by atoms with Gasteiger partial charge in [0.25, 0.3) is 0 Å². The Balaban J connectivity index is 2.18. The lowest BCUT2D eigenvalue weighted by Crippen LogP contribution is -2.09. The van der Waals surface area contributed by atoms with Crippen LogP contribution in [-0.4, -0.2) is 20.9 Å². The van der Waals surface area contributed by atoms with Crippen LogP contribution in [0.5, 0.6) is 0 Å². The van der Waals surface area contributed by atoms with Crippen molar-refractivity contribution in [2.75, 3.05) is 5.32 Å².